The second-order valence-corrected chi connectivity index (χ2v) is 10.8. The molecule has 1 heterocycles. The number of fused-ring (bicyclic) bond motifs is 3. The Balaban J connectivity index is 1.24. The van der Waals surface area contributed by atoms with Crippen molar-refractivity contribution in [3.05, 3.63) is 150 Å². The Hall–Kier alpha value is -5.14. The van der Waals surface area contributed by atoms with Crippen LogP contribution < -0.4 is 10.6 Å². The summed E-state index contributed by atoms with van der Waals surface area (Å²) < 4.78 is 2.30. The fourth-order valence-corrected chi connectivity index (χ4v) is 5.92. The van der Waals surface area contributed by atoms with E-state index in [4.69, 9.17) is 0 Å². The standard InChI is InChI=1S/C40H31N/c1-4-5-9-39-28(3)38-8-6-7-10-40(38)41(39)37-21-19-29(20-22-37)31-14-16-35-26-36(18-17-33(35)24-31)34-15-13-30-23-27(2)11-12-32(30)25-34/h4-26H,3H2,1-2H3/b5-4-,39-9+. The van der Waals surface area contributed by atoms with Gasteiger partial charge in [-0.1, -0.05) is 109 Å². The maximum absolute atomic E-state index is 4.40. The number of hydrogen-bond acceptors (Lipinski definition) is 0. The highest BCUT2D eigenvalue weighted by atomic mass is 15.0. The maximum atomic E-state index is 4.40. The van der Waals surface area contributed by atoms with E-state index in [9.17, 15) is 0 Å². The molecule has 0 fully saturated rings. The number of aromatic nitrogens is 1. The lowest BCUT2D eigenvalue weighted by atomic mass is 9.96. The third-order valence-corrected chi connectivity index (χ3v) is 8.09. The Morgan fingerprint density at radius 1 is 0.585 bits per heavy atom. The molecule has 0 aliphatic heterocycles. The fraction of sp³-hybridized carbons (Fsp3) is 0.0500. The lowest BCUT2D eigenvalue weighted by Gasteiger charge is -2.10. The quantitative estimate of drug-likeness (QED) is 0.216. The number of nitrogens with zero attached hydrogens (tertiary/aromatic N) is 1. The van der Waals surface area contributed by atoms with Crippen LogP contribution in [0, 0.1) is 6.92 Å². The predicted molar refractivity (Wildman–Crippen MR) is 178 cm³/mol. The van der Waals surface area contributed by atoms with Gasteiger partial charge < -0.3 is 4.57 Å². The molecule has 6 aromatic carbocycles. The maximum Gasteiger partial charge on any atom is 0.0540 e. The Kier molecular flexibility index (Phi) is 6.14. The highest BCUT2D eigenvalue weighted by Gasteiger charge is 2.09. The summed E-state index contributed by atoms with van der Waals surface area (Å²) in [5.41, 5.74) is 8.50. The molecule has 0 radical (unpaired) electrons. The van der Waals surface area contributed by atoms with Crippen LogP contribution in [0.3, 0.4) is 0 Å². The summed E-state index contributed by atoms with van der Waals surface area (Å²) >= 11 is 0. The predicted octanol–water partition coefficient (Wildman–Crippen LogP) is 9.35. The van der Waals surface area contributed by atoms with Crippen LogP contribution >= 0.6 is 0 Å². The molecule has 0 unspecified atom stereocenters. The van der Waals surface area contributed by atoms with Crippen LogP contribution in [0.5, 0.6) is 0 Å². The van der Waals surface area contributed by atoms with Crippen LogP contribution in [0.4, 0.5) is 0 Å². The molecule has 0 atom stereocenters. The summed E-state index contributed by atoms with van der Waals surface area (Å²) in [5.74, 6) is 0. The molecule has 0 saturated carbocycles. The van der Waals surface area contributed by atoms with E-state index in [1.54, 1.807) is 0 Å². The lowest BCUT2D eigenvalue weighted by molar-refractivity contribution is 1.07. The molecule has 7 rings (SSSR count). The number of benzene rings is 6. The summed E-state index contributed by atoms with van der Waals surface area (Å²) in [4.78, 5) is 0. The largest absolute Gasteiger partial charge is 0.309 e. The number of para-hydroxylation sites is 1. The number of aryl methyl sites for hydroxylation is 1. The van der Waals surface area contributed by atoms with Crippen molar-refractivity contribution < 1.29 is 0 Å². The van der Waals surface area contributed by atoms with E-state index in [-0.39, 0.29) is 0 Å². The molecular weight excluding hydrogens is 494 g/mol. The van der Waals surface area contributed by atoms with Crippen molar-refractivity contribution >= 4 is 45.1 Å². The van der Waals surface area contributed by atoms with Crippen molar-refractivity contribution in [2.24, 2.45) is 0 Å². The van der Waals surface area contributed by atoms with Gasteiger partial charge in [0.15, 0.2) is 0 Å². The summed E-state index contributed by atoms with van der Waals surface area (Å²) in [6.07, 6.45) is 6.28. The van der Waals surface area contributed by atoms with Crippen LogP contribution in [0.15, 0.2) is 133 Å². The molecule has 41 heavy (non-hydrogen) atoms. The van der Waals surface area contributed by atoms with Gasteiger partial charge in [-0.2, -0.15) is 0 Å². The third-order valence-electron chi connectivity index (χ3n) is 8.09. The summed E-state index contributed by atoms with van der Waals surface area (Å²) in [5, 5.41) is 8.40. The zero-order chi connectivity index (χ0) is 27.9. The smallest absolute Gasteiger partial charge is 0.0540 e. The van der Waals surface area contributed by atoms with Crippen molar-refractivity contribution in [2.45, 2.75) is 13.8 Å². The van der Waals surface area contributed by atoms with Gasteiger partial charge in [-0.25, -0.2) is 0 Å². The normalized spacial score (nSPS) is 12.3. The first kappa shape index (κ1) is 24.9. The van der Waals surface area contributed by atoms with Gasteiger partial charge in [0.1, 0.15) is 0 Å². The molecule has 196 valence electrons. The van der Waals surface area contributed by atoms with Gasteiger partial charge in [-0.15, -0.1) is 0 Å². The first-order valence-corrected chi connectivity index (χ1v) is 14.2. The van der Waals surface area contributed by atoms with Crippen LogP contribution in [0.1, 0.15) is 12.5 Å². The summed E-state index contributed by atoms with van der Waals surface area (Å²) in [7, 11) is 0. The van der Waals surface area contributed by atoms with Gasteiger partial charge in [0.2, 0.25) is 0 Å². The molecule has 0 saturated heterocycles. The molecular formula is C40H31N. The number of rotatable bonds is 4. The molecule has 1 aromatic heterocycles. The van der Waals surface area contributed by atoms with Gasteiger partial charge >= 0.3 is 0 Å². The SMILES string of the molecule is C=c1/c(=C\C=C/C)n(-c2ccc(-c3ccc4cc(-c5ccc6cc(C)ccc6c5)ccc4c3)cc2)c2ccccc12. The van der Waals surface area contributed by atoms with E-state index in [1.807, 2.05) is 6.92 Å². The first-order chi connectivity index (χ1) is 20.1. The molecule has 0 amide bonds. The Morgan fingerprint density at radius 2 is 1.12 bits per heavy atom. The van der Waals surface area contributed by atoms with Gasteiger partial charge in [0, 0.05) is 16.3 Å². The van der Waals surface area contributed by atoms with Crippen LogP contribution in [0.2, 0.25) is 0 Å². The van der Waals surface area contributed by atoms with E-state index in [0.717, 1.165) is 16.3 Å². The molecule has 1 heteroatoms. The van der Waals surface area contributed by atoms with Crippen molar-refractivity contribution in [3.8, 4) is 27.9 Å². The van der Waals surface area contributed by atoms with Gasteiger partial charge in [0.25, 0.3) is 0 Å². The molecule has 0 aliphatic carbocycles. The highest BCUT2D eigenvalue weighted by molar-refractivity contribution is 5.93. The average Bonchev–Trinajstić information content (AvgIpc) is 3.30. The Bertz CT molecular complexity index is 2230. The minimum atomic E-state index is 1.05. The molecule has 0 N–H and O–H groups in total. The van der Waals surface area contributed by atoms with Crippen molar-refractivity contribution in [1.29, 1.82) is 0 Å². The number of hydrogen-bond donors (Lipinski definition) is 0. The van der Waals surface area contributed by atoms with Crippen molar-refractivity contribution in [2.75, 3.05) is 0 Å². The molecule has 0 spiro atoms. The minimum Gasteiger partial charge on any atom is -0.309 e. The molecule has 0 aliphatic rings. The third kappa shape index (κ3) is 4.46. The van der Waals surface area contributed by atoms with Crippen LogP contribution in [-0.4, -0.2) is 4.57 Å². The van der Waals surface area contributed by atoms with Crippen LogP contribution in [-0.2, 0) is 0 Å². The summed E-state index contributed by atoms with van der Waals surface area (Å²) in [6, 6.07) is 44.3. The van der Waals surface area contributed by atoms with E-state index in [2.05, 4.69) is 158 Å². The van der Waals surface area contributed by atoms with E-state index >= 15 is 0 Å². The van der Waals surface area contributed by atoms with Crippen molar-refractivity contribution in [1.82, 2.24) is 4.57 Å². The van der Waals surface area contributed by atoms with Gasteiger partial charge in [-0.05, 0) is 100 Å². The molecule has 7 aromatic rings. The monoisotopic (exact) mass is 525 g/mol. The zero-order valence-electron chi connectivity index (χ0n) is 23.4. The lowest BCUT2D eigenvalue weighted by Crippen LogP contribution is -2.26. The van der Waals surface area contributed by atoms with Gasteiger partial charge in [0.05, 0.1) is 10.9 Å². The second kappa shape index (κ2) is 10.1. The average molecular weight is 526 g/mol. The summed E-state index contributed by atoms with van der Waals surface area (Å²) in [6.45, 7) is 8.58. The second-order valence-electron chi connectivity index (χ2n) is 10.8. The van der Waals surface area contributed by atoms with Crippen molar-refractivity contribution in [3.63, 3.8) is 0 Å². The van der Waals surface area contributed by atoms with E-state index in [0.29, 0.717) is 0 Å². The van der Waals surface area contributed by atoms with E-state index in [1.165, 1.54) is 60.3 Å². The van der Waals surface area contributed by atoms with E-state index < -0.39 is 0 Å². The van der Waals surface area contributed by atoms with Crippen LogP contribution in [0.25, 0.3) is 73.0 Å². The minimum absolute atomic E-state index is 1.05. The molecule has 0 bridgehead atoms. The molecule has 1 nitrogen and oxygen atoms in total. The first-order valence-electron chi connectivity index (χ1n) is 14.2. The topological polar surface area (TPSA) is 4.93 Å². The highest BCUT2D eigenvalue weighted by Crippen LogP contribution is 2.31. The Labute approximate surface area is 240 Å². The zero-order valence-corrected chi connectivity index (χ0v) is 23.4. The fourth-order valence-electron chi connectivity index (χ4n) is 5.92. The number of allylic oxidation sites excluding steroid dienone is 2. The van der Waals surface area contributed by atoms with Gasteiger partial charge in [-0.3, -0.25) is 0 Å². The Morgan fingerprint density at radius 3 is 1.76 bits per heavy atom.